The lowest BCUT2D eigenvalue weighted by Gasteiger charge is -2.20. The second-order valence-corrected chi connectivity index (χ2v) is 13.4. The first-order valence-corrected chi connectivity index (χ1v) is 15.8. The van der Waals surface area contributed by atoms with Gasteiger partial charge in [-0.25, -0.2) is 16.8 Å². The van der Waals surface area contributed by atoms with Gasteiger partial charge in [0.05, 0.1) is 26.9 Å². The molecule has 2 heterocycles. The van der Waals surface area contributed by atoms with Gasteiger partial charge < -0.3 is 10.1 Å². The van der Waals surface area contributed by atoms with Crippen molar-refractivity contribution in [1.82, 2.24) is 13.9 Å². The molecule has 37 heavy (non-hydrogen) atoms. The van der Waals surface area contributed by atoms with E-state index < -0.39 is 26.0 Å². The van der Waals surface area contributed by atoms with Gasteiger partial charge in [0.2, 0.25) is 20.0 Å². The summed E-state index contributed by atoms with van der Waals surface area (Å²) in [4.78, 5) is 13.0. The van der Waals surface area contributed by atoms with E-state index in [0.29, 0.717) is 31.9 Å². The van der Waals surface area contributed by atoms with Crippen molar-refractivity contribution in [2.75, 3.05) is 39.3 Å². The van der Waals surface area contributed by atoms with Gasteiger partial charge in [-0.1, -0.05) is 24.4 Å². The van der Waals surface area contributed by atoms with E-state index in [9.17, 15) is 21.6 Å². The molecular formula is C25H32ClN3O6S2. The first-order chi connectivity index (χ1) is 17.7. The Morgan fingerprint density at radius 2 is 1.30 bits per heavy atom. The van der Waals surface area contributed by atoms with E-state index in [0.717, 1.165) is 38.5 Å². The third-order valence-electron chi connectivity index (χ3n) is 6.57. The van der Waals surface area contributed by atoms with Crippen LogP contribution in [0.25, 0.3) is 0 Å². The van der Waals surface area contributed by atoms with Crippen molar-refractivity contribution in [3.05, 3.63) is 53.1 Å². The van der Waals surface area contributed by atoms with Gasteiger partial charge in [-0.3, -0.25) is 4.79 Å². The minimum atomic E-state index is -3.71. The number of rotatable bonds is 9. The molecule has 4 rings (SSSR count). The second-order valence-electron chi connectivity index (χ2n) is 9.15. The number of ether oxygens (including phenoxy) is 1. The number of benzene rings is 2. The number of carbonyl (C=O) groups is 1. The first kappa shape index (κ1) is 27.8. The highest BCUT2D eigenvalue weighted by molar-refractivity contribution is 7.89. The number of hydrogen-bond donors (Lipinski definition) is 1. The Bertz CT molecular complexity index is 1300. The third-order valence-corrected chi connectivity index (χ3v) is 10.7. The van der Waals surface area contributed by atoms with Gasteiger partial charge in [0.15, 0.2) is 0 Å². The molecule has 2 aliphatic heterocycles. The highest BCUT2D eigenvalue weighted by Crippen LogP contribution is 2.25. The standard InChI is InChI=1S/C25H32ClN3O6S2/c26-24-12-11-22(37(33,34)29-14-3-1-2-4-15-29)19-23(24)25(30)27-13-18-35-20-7-9-21(10-8-20)36(31,32)28-16-5-6-17-28/h7-12,19H,1-6,13-18H2,(H,27,30). The van der Waals surface area contributed by atoms with Gasteiger partial charge in [-0.2, -0.15) is 8.61 Å². The summed E-state index contributed by atoms with van der Waals surface area (Å²) in [6.45, 7) is 2.29. The van der Waals surface area contributed by atoms with Crippen LogP contribution in [0, 0.1) is 0 Å². The Balaban J connectivity index is 1.32. The minimum Gasteiger partial charge on any atom is -0.492 e. The first-order valence-electron chi connectivity index (χ1n) is 12.5. The summed E-state index contributed by atoms with van der Waals surface area (Å²) in [5.41, 5.74) is 0.0778. The van der Waals surface area contributed by atoms with Crippen LogP contribution in [0.4, 0.5) is 0 Å². The normalized spacial score (nSPS) is 17.9. The van der Waals surface area contributed by atoms with Crippen molar-refractivity contribution in [3.8, 4) is 5.75 Å². The zero-order valence-corrected chi connectivity index (χ0v) is 23.0. The molecule has 12 heteroatoms. The fourth-order valence-electron chi connectivity index (χ4n) is 4.48. The third kappa shape index (κ3) is 6.64. The van der Waals surface area contributed by atoms with E-state index in [2.05, 4.69) is 5.32 Å². The van der Waals surface area contributed by atoms with Gasteiger partial charge in [0.1, 0.15) is 12.4 Å². The number of nitrogens with zero attached hydrogens (tertiary/aromatic N) is 2. The van der Waals surface area contributed by atoms with Crippen LogP contribution in [0.5, 0.6) is 5.75 Å². The number of halogens is 1. The average Bonchev–Trinajstić information content (AvgIpc) is 3.30. The topological polar surface area (TPSA) is 113 Å². The van der Waals surface area contributed by atoms with Crippen molar-refractivity contribution >= 4 is 37.6 Å². The molecule has 2 aliphatic rings. The monoisotopic (exact) mass is 569 g/mol. The zero-order valence-electron chi connectivity index (χ0n) is 20.6. The SMILES string of the molecule is O=C(NCCOc1ccc(S(=O)(=O)N2CCCC2)cc1)c1cc(S(=O)(=O)N2CCCCCC2)ccc1Cl. The molecule has 0 atom stereocenters. The minimum absolute atomic E-state index is 0.0455. The molecule has 2 aromatic rings. The maximum atomic E-state index is 13.1. The predicted molar refractivity (Wildman–Crippen MR) is 141 cm³/mol. The Morgan fingerprint density at radius 1 is 0.784 bits per heavy atom. The summed E-state index contributed by atoms with van der Waals surface area (Å²) < 4.78 is 60.0. The average molecular weight is 570 g/mol. The smallest absolute Gasteiger partial charge is 0.252 e. The summed E-state index contributed by atoms with van der Waals surface area (Å²) >= 11 is 6.21. The largest absolute Gasteiger partial charge is 0.492 e. The van der Waals surface area contributed by atoms with Crippen LogP contribution in [0.2, 0.25) is 5.02 Å². The maximum Gasteiger partial charge on any atom is 0.252 e. The molecule has 0 unspecified atom stereocenters. The van der Waals surface area contributed by atoms with E-state index in [4.69, 9.17) is 16.3 Å². The molecule has 0 bridgehead atoms. The molecule has 1 N–H and O–H groups in total. The number of hydrogen-bond acceptors (Lipinski definition) is 6. The van der Waals surface area contributed by atoms with Gasteiger partial charge in [0, 0.05) is 26.2 Å². The zero-order chi connectivity index (χ0) is 26.5. The summed E-state index contributed by atoms with van der Waals surface area (Å²) in [5.74, 6) is -0.0354. The molecule has 0 aliphatic carbocycles. The summed E-state index contributed by atoms with van der Waals surface area (Å²) in [7, 11) is -7.20. The molecule has 2 aromatic carbocycles. The quantitative estimate of drug-likeness (QED) is 0.463. The number of nitrogens with one attached hydrogen (secondary N) is 1. The number of amides is 1. The maximum absolute atomic E-state index is 13.1. The number of sulfonamides is 2. The molecule has 9 nitrogen and oxygen atoms in total. The van der Waals surface area contributed by atoms with Gasteiger partial charge >= 0.3 is 0 Å². The lowest BCUT2D eigenvalue weighted by molar-refractivity contribution is 0.0947. The Kier molecular flexibility index (Phi) is 9.12. The molecule has 202 valence electrons. The molecule has 2 saturated heterocycles. The molecule has 0 aromatic heterocycles. The van der Waals surface area contributed by atoms with Crippen molar-refractivity contribution in [1.29, 1.82) is 0 Å². The molecule has 1 amide bonds. The van der Waals surface area contributed by atoms with E-state index in [1.807, 2.05) is 0 Å². The van der Waals surface area contributed by atoms with Crippen molar-refractivity contribution in [2.24, 2.45) is 0 Å². The predicted octanol–water partition coefficient (Wildman–Crippen LogP) is 3.50. The van der Waals surface area contributed by atoms with E-state index in [-0.39, 0.29) is 33.5 Å². The fourth-order valence-corrected chi connectivity index (χ4v) is 7.75. The lowest BCUT2D eigenvalue weighted by Crippen LogP contribution is -2.32. The molecular weight excluding hydrogens is 538 g/mol. The van der Waals surface area contributed by atoms with Crippen LogP contribution in [-0.4, -0.2) is 70.7 Å². The van der Waals surface area contributed by atoms with Crippen LogP contribution < -0.4 is 10.1 Å². The van der Waals surface area contributed by atoms with Crippen LogP contribution in [0.3, 0.4) is 0 Å². The Hall–Kier alpha value is -2.18. The summed E-state index contributed by atoms with van der Waals surface area (Å²) in [6, 6.07) is 10.4. The van der Waals surface area contributed by atoms with Gasteiger partial charge in [-0.05, 0) is 68.1 Å². The Labute approximate surface area is 223 Å². The van der Waals surface area contributed by atoms with Crippen molar-refractivity contribution in [3.63, 3.8) is 0 Å². The molecule has 0 spiro atoms. The van der Waals surface area contributed by atoms with Gasteiger partial charge in [0.25, 0.3) is 5.91 Å². The van der Waals surface area contributed by atoms with Crippen LogP contribution >= 0.6 is 11.6 Å². The van der Waals surface area contributed by atoms with E-state index >= 15 is 0 Å². The summed E-state index contributed by atoms with van der Waals surface area (Å²) in [5, 5.41) is 2.85. The summed E-state index contributed by atoms with van der Waals surface area (Å²) in [6.07, 6.45) is 5.38. The van der Waals surface area contributed by atoms with Crippen molar-refractivity contribution < 1.29 is 26.4 Å². The molecule has 2 fully saturated rings. The van der Waals surface area contributed by atoms with Crippen molar-refractivity contribution in [2.45, 2.75) is 48.3 Å². The highest BCUT2D eigenvalue weighted by Gasteiger charge is 2.28. The second kappa shape index (κ2) is 12.1. The Morgan fingerprint density at radius 3 is 1.89 bits per heavy atom. The van der Waals surface area contributed by atoms with Crippen LogP contribution in [-0.2, 0) is 20.0 Å². The molecule has 0 saturated carbocycles. The lowest BCUT2D eigenvalue weighted by atomic mass is 10.2. The van der Waals surface area contributed by atoms with E-state index in [1.165, 1.54) is 38.9 Å². The number of carbonyl (C=O) groups excluding carboxylic acids is 1. The van der Waals surface area contributed by atoms with E-state index in [1.54, 1.807) is 12.1 Å². The fraction of sp³-hybridized carbons (Fsp3) is 0.480. The van der Waals surface area contributed by atoms with Crippen LogP contribution in [0.15, 0.2) is 52.3 Å². The van der Waals surface area contributed by atoms with Gasteiger partial charge in [-0.15, -0.1) is 0 Å². The van der Waals surface area contributed by atoms with Crippen LogP contribution in [0.1, 0.15) is 48.9 Å². The highest BCUT2D eigenvalue weighted by atomic mass is 35.5. The molecule has 0 radical (unpaired) electrons.